The molecule has 208 valence electrons. The Kier molecular flexibility index (Phi) is 6.93. The topological polar surface area (TPSA) is 102 Å². The van der Waals surface area contributed by atoms with Crippen LogP contribution in [-0.4, -0.2) is 39.5 Å². The first-order valence-corrected chi connectivity index (χ1v) is 13.9. The number of aryl methyl sites for hydroxylation is 1. The van der Waals surface area contributed by atoms with Crippen LogP contribution in [-0.2, 0) is 10.3 Å². The molecule has 0 spiro atoms. The number of benzene rings is 2. The second kappa shape index (κ2) is 10.6. The highest BCUT2D eigenvalue weighted by molar-refractivity contribution is 6.07. The zero-order chi connectivity index (χ0) is 27.9. The Bertz CT molecular complexity index is 1520. The van der Waals surface area contributed by atoms with E-state index in [-0.39, 0.29) is 11.4 Å². The number of pyridine rings is 1. The molecule has 2 bridgehead atoms. The second-order valence-corrected chi connectivity index (χ2v) is 11.8. The monoisotopic (exact) mass is 540 g/mol. The van der Waals surface area contributed by atoms with Gasteiger partial charge in [-0.25, -0.2) is 9.48 Å². The van der Waals surface area contributed by atoms with Crippen molar-refractivity contribution in [1.82, 2.24) is 20.2 Å². The highest BCUT2D eigenvalue weighted by Crippen LogP contribution is 2.36. The van der Waals surface area contributed by atoms with E-state index in [0.29, 0.717) is 36.2 Å². The van der Waals surface area contributed by atoms with Crippen LogP contribution in [0.1, 0.15) is 51.4 Å². The standard InChI is InChI=1S/C31H36N6O3/c1-19-9-10-21(18-32-19)37-29(17-28(35-37)31(2,3)4)34-30(38)33-25-11-12-27(24-8-6-5-7-23(24)25)39-14-13-20-15-22-16-26(20)36-40-22/h5-12,17-18,20,22,26,36H,13-16H2,1-4H3,(H2,33,34,38). The number of ether oxygens (including phenoxy) is 1. The van der Waals surface area contributed by atoms with Crippen molar-refractivity contribution in [3.8, 4) is 11.4 Å². The summed E-state index contributed by atoms with van der Waals surface area (Å²) in [4.78, 5) is 23.2. The van der Waals surface area contributed by atoms with E-state index in [1.807, 2.05) is 61.5 Å². The molecular weight excluding hydrogens is 504 g/mol. The summed E-state index contributed by atoms with van der Waals surface area (Å²) in [6, 6.07) is 17.7. The molecule has 0 radical (unpaired) electrons. The van der Waals surface area contributed by atoms with Gasteiger partial charge in [0.2, 0.25) is 0 Å². The fourth-order valence-electron chi connectivity index (χ4n) is 5.53. The van der Waals surface area contributed by atoms with Crippen LogP contribution in [0.4, 0.5) is 16.3 Å². The molecule has 6 rings (SSSR count). The lowest BCUT2D eigenvalue weighted by molar-refractivity contribution is -0.0227. The zero-order valence-corrected chi connectivity index (χ0v) is 23.4. The number of aromatic nitrogens is 3. The second-order valence-electron chi connectivity index (χ2n) is 11.8. The van der Waals surface area contributed by atoms with Gasteiger partial charge in [-0.1, -0.05) is 45.0 Å². The van der Waals surface area contributed by atoms with Crippen LogP contribution in [0.3, 0.4) is 0 Å². The molecule has 9 heteroatoms. The van der Waals surface area contributed by atoms with Crippen molar-refractivity contribution in [2.75, 3.05) is 17.2 Å². The molecule has 2 aromatic carbocycles. The van der Waals surface area contributed by atoms with Crippen molar-refractivity contribution < 1.29 is 14.4 Å². The molecule has 2 aromatic heterocycles. The number of carbonyl (C=O) groups excluding carboxylic acids is 1. The normalized spacial score (nSPS) is 20.1. The Labute approximate surface area is 234 Å². The van der Waals surface area contributed by atoms with Gasteiger partial charge in [0.05, 0.1) is 36.0 Å². The molecule has 4 aromatic rings. The highest BCUT2D eigenvalue weighted by Gasteiger charge is 2.40. The van der Waals surface area contributed by atoms with Crippen LogP contribution >= 0.6 is 0 Å². The Hall–Kier alpha value is -3.95. The van der Waals surface area contributed by atoms with Crippen LogP contribution < -0.4 is 20.9 Å². The van der Waals surface area contributed by atoms with E-state index < -0.39 is 0 Å². The maximum atomic E-state index is 13.3. The molecule has 1 saturated heterocycles. The Morgan fingerprint density at radius 1 is 1.10 bits per heavy atom. The fourth-order valence-corrected chi connectivity index (χ4v) is 5.53. The van der Waals surface area contributed by atoms with Crippen molar-refractivity contribution in [2.24, 2.45) is 5.92 Å². The number of anilines is 2. The van der Waals surface area contributed by atoms with Crippen LogP contribution in [0, 0.1) is 12.8 Å². The van der Waals surface area contributed by atoms with Gasteiger partial charge < -0.3 is 10.1 Å². The largest absolute Gasteiger partial charge is 0.493 e. The summed E-state index contributed by atoms with van der Waals surface area (Å²) >= 11 is 0. The minimum atomic E-state index is -0.355. The number of hydroxylamine groups is 1. The van der Waals surface area contributed by atoms with Crippen LogP contribution in [0.15, 0.2) is 60.8 Å². The molecule has 2 fully saturated rings. The summed E-state index contributed by atoms with van der Waals surface area (Å²) in [6.45, 7) is 8.86. The zero-order valence-electron chi connectivity index (χ0n) is 23.4. The molecule has 1 saturated carbocycles. The number of fused-ring (bicyclic) bond motifs is 3. The van der Waals surface area contributed by atoms with E-state index >= 15 is 0 Å². The highest BCUT2D eigenvalue weighted by atomic mass is 16.7. The van der Waals surface area contributed by atoms with Gasteiger partial charge in [-0.15, -0.1) is 0 Å². The maximum Gasteiger partial charge on any atom is 0.324 e. The third-order valence-corrected chi connectivity index (χ3v) is 7.78. The van der Waals surface area contributed by atoms with E-state index in [1.165, 1.54) is 0 Å². The molecule has 3 unspecified atom stereocenters. The number of rotatable bonds is 7. The number of urea groups is 1. The fraction of sp³-hybridized carbons (Fsp3) is 0.387. The summed E-state index contributed by atoms with van der Waals surface area (Å²) < 4.78 is 7.96. The maximum absolute atomic E-state index is 13.3. The Morgan fingerprint density at radius 3 is 2.62 bits per heavy atom. The van der Waals surface area contributed by atoms with Crippen molar-refractivity contribution in [1.29, 1.82) is 0 Å². The predicted molar refractivity (Wildman–Crippen MR) is 156 cm³/mol. The summed E-state index contributed by atoms with van der Waals surface area (Å²) in [7, 11) is 0. The van der Waals surface area contributed by atoms with Crippen LogP contribution in [0.25, 0.3) is 16.5 Å². The lowest BCUT2D eigenvalue weighted by atomic mass is 9.92. The molecule has 9 nitrogen and oxygen atoms in total. The van der Waals surface area contributed by atoms with E-state index in [0.717, 1.165) is 52.9 Å². The Balaban J connectivity index is 1.18. The smallest absolute Gasteiger partial charge is 0.324 e. The minimum absolute atomic E-state index is 0.191. The Morgan fingerprint density at radius 2 is 1.93 bits per heavy atom. The summed E-state index contributed by atoms with van der Waals surface area (Å²) in [6.07, 6.45) is 5.27. The molecule has 1 aliphatic carbocycles. The number of amides is 2. The molecule has 3 atom stereocenters. The first-order valence-electron chi connectivity index (χ1n) is 13.9. The van der Waals surface area contributed by atoms with Gasteiger partial charge in [-0.3, -0.25) is 15.1 Å². The van der Waals surface area contributed by atoms with E-state index in [4.69, 9.17) is 14.7 Å². The first-order chi connectivity index (χ1) is 19.2. The van der Waals surface area contributed by atoms with Crippen molar-refractivity contribution in [3.05, 3.63) is 72.2 Å². The van der Waals surface area contributed by atoms with Gasteiger partial charge in [-0.05, 0) is 56.4 Å². The number of nitrogens with zero attached hydrogens (tertiary/aromatic N) is 3. The molecular formula is C31H36N6O3. The molecule has 1 aliphatic heterocycles. The van der Waals surface area contributed by atoms with E-state index in [9.17, 15) is 4.79 Å². The van der Waals surface area contributed by atoms with Gasteiger partial charge >= 0.3 is 6.03 Å². The predicted octanol–water partition coefficient (Wildman–Crippen LogP) is 6.12. The van der Waals surface area contributed by atoms with Crippen LogP contribution in [0.2, 0.25) is 0 Å². The first kappa shape index (κ1) is 26.3. The van der Waals surface area contributed by atoms with Gasteiger partial charge in [-0.2, -0.15) is 10.6 Å². The van der Waals surface area contributed by atoms with Crippen molar-refractivity contribution in [2.45, 2.75) is 64.5 Å². The molecule has 3 heterocycles. The lowest BCUT2D eigenvalue weighted by Gasteiger charge is -2.22. The molecule has 3 N–H and O–H groups in total. The van der Waals surface area contributed by atoms with Gasteiger partial charge in [0.1, 0.15) is 11.6 Å². The SMILES string of the molecule is Cc1ccc(-n2nc(C(C)(C)C)cc2NC(=O)Nc2ccc(OCCC3CC4CC3NO4)c3ccccc23)cn1. The van der Waals surface area contributed by atoms with Gasteiger partial charge in [0.25, 0.3) is 0 Å². The quantitative estimate of drug-likeness (QED) is 0.261. The van der Waals surface area contributed by atoms with Crippen LogP contribution in [0.5, 0.6) is 5.75 Å². The average Bonchev–Trinajstić information content (AvgIpc) is 3.67. The number of carbonyl (C=O) groups is 1. The third-order valence-electron chi connectivity index (χ3n) is 7.78. The average molecular weight is 541 g/mol. The van der Waals surface area contributed by atoms with Gasteiger partial charge in [0, 0.05) is 34.0 Å². The number of nitrogens with one attached hydrogen (secondary N) is 3. The molecule has 40 heavy (non-hydrogen) atoms. The summed E-state index contributed by atoms with van der Waals surface area (Å²) in [5.41, 5.74) is 6.21. The number of hydrogen-bond donors (Lipinski definition) is 3. The van der Waals surface area contributed by atoms with Crippen molar-refractivity contribution in [3.63, 3.8) is 0 Å². The molecule has 2 amide bonds. The van der Waals surface area contributed by atoms with E-state index in [2.05, 4.69) is 41.9 Å². The summed E-state index contributed by atoms with van der Waals surface area (Å²) in [5.74, 6) is 1.96. The lowest BCUT2D eigenvalue weighted by Crippen LogP contribution is -2.32. The number of hydrogen-bond acceptors (Lipinski definition) is 6. The van der Waals surface area contributed by atoms with Crippen molar-refractivity contribution >= 4 is 28.3 Å². The van der Waals surface area contributed by atoms with E-state index in [1.54, 1.807) is 10.9 Å². The third kappa shape index (κ3) is 5.39. The van der Waals surface area contributed by atoms with Gasteiger partial charge in [0.15, 0.2) is 0 Å². The minimum Gasteiger partial charge on any atom is -0.493 e. The summed E-state index contributed by atoms with van der Waals surface area (Å²) in [5, 5.41) is 12.7. The molecule has 2 aliphatic rings.